The van der Waals surface area contributed by atoms with Gasteiger partial charge in [-0.2, -0.15) is 5.10 Å². The molecule has 2 atom stereocenters. The number of morpholine rings is 1. The zero-order valence-corrected chi connectivity index (χ0v) is 21.9. The van der Waals surface area contributed by atoms with Crippen LogP contribution < -0.4 is 0 Å². The van der Waals surface area contributed by atoms with Gasteiger partial charge in [-0.3, -0.25) is 14.7 Å². The van der Waals surface area contributed by atoms with Crippen molar-refractivity contribution in [2.45, 2.75) is 73.0 Å². The van der Waals surface area contributed by atoms with E-state index in [-0.39, 0.29) is 29.8 Å². The fraction of sp³-hybridized carbons (Fsp3) is 0.593. The van der Waals surface area contributed by atoms with Crippen LogP contribution >= 0.6 is 0 Å². The topological polar surface area (TPSA) is 94.3 Å². The molecular weight excluding hydrogens is 442 g/mol. The van der Waals surface area contributed by atoms with E-state index in [1.54, 1.807) is 11.8 Å². The number of nitrogens with zero attached hydrogens (tertiary/aromatic N) is 3. The molecule has 1 fully saturated rings. The number of amides is 2. The molecule has 2 aromatic heterocycles. The van der Waals surface area contributed by atoms with E-state index in [9.17, 15) is 9.59 Å². The second-order valence-corrected chi connectivity index (χ2v) is 10.9. The van der Waals surface area contributed by atoms with Gasteiger partial charge in [-0.25, -0.2) is 0 Å². The minimum atomic E-state index is -0.486. The summed E-state index contributed by atoms with van der Waals surface area (Å²) in [6.45, 7) is 14.2. The Morgan fingerprint density at radius 1 is 1.34 bits per heavy atom. The van der Waals surface area contributed by atoms with Crippen LogP contribution in [0.25, 0.3) is 17.5 Å². The zero-order chi connectivity index (χ0) is 25.3. The number of hydrogen-bond donors (Lipinski definition) is 2. The largest absolute Gasteiger partial charge is 0.367 e. The predicted octanol–water partition coefficient (Wildman–Crippen LogP) is 3.73. The van der Waals surface area contributed by atoms with Crippen LogP contribution in [0.1, 0.15) is 63.6 Å². The Balaban J connectivity index is 1.48. The smallest absolute Gasteiger partial charge is 0.251 e. The van der Waals surface area contributed by atoms with Gasteiger partial charge in [-0.1, -0.05) is 32.9 Å². The number of rotatable bonds is 7. The standard InChI is InChI=1S/C27H39N5O3/c1-7-32(24(33)16-31-12-13-35-18(3)26(31)34)20-9-8-19-14-23(28-22(19)15-20)25-21(17(2)29-30-25)10-11-27(4,5)6/h8-9,14,18,20,28H,7,10-13,15-16H2,1-6H3,(H,29,30). The lowest BCUT2D eigenvalue weighted by Crippen LogP contribution is -2.52. The van der Waals surface area contributed by atoms with Crippen molar-refractivity contribution >= 4 is 17.9 Å². The molecule has 0 radical (unpaired) electrons. The molecule has 3 heterocycles. The van der Waals surface area contributed by atoms with Crippen LogP contribution in [0.3, 0.4) is 0 Å². The van der Waals surface area contributed by atoms with Crippen LogP contribution in [0.15, 0.2) is 12.1 Å². The molecule has 4 rings (SSSR count). The number of carbonyl (C=O) groups is 2. The van der Waals surface area contributed by atoms with E-state index in [2.05, 4.69) is 61.1 Å². The Hall–Kier alpha value is -2.87. The Morgan fingerprint density at radius 2 is 2.11 bits per heavy atom. The third-order valence-electron chi connectivity index (χ3n) is 7.08. The SMILES string of the molecule is CCN(C(=O)CN1CCOC(C)C1=O)C1C=Cc2cc(-c3n[nH]c(C)c3CCC(C)(C)C)[nH]c2C1. The van der Waals surface area contributed by atoms with E-state index in [1.165, 1.54) is 5.56 Å². The van der Waals surface area contributed by atoms with Crippen molar-refractivity contribution in [1.29, 1.82) is 0 Å². The molecule has 1 aliphatic carbocycles. The summed E-state index contributed by atoms with van der Waals surface area (Å²) in [6.07, 6.45) is 6.47. The highest BCUT2D eigenvalue weighted by Gasteiger charge is 2.31. The van der Waals surface area contributed by atoms with E-state index in [0.717, 1.165) is 41.2 Å². The van der Waals surface area contributed by atoms with Gasteiger partial charge in [-0.15, -0.1) is 0 Å². The summed E-state index contributed by atoms with van der Waals surface area (Å²) >= 11 is 0. The third kappa shape index (κ3) is 5.53. The molecule has 2 N–H and O–H groups in total. The molecule has 35 heavy (non-hydrogen) atoms. The van der Waals surface area contributed by atoms with Gasteiger partial charge in [-0.05, 0) is 50.7 Å². The van der Waals surface area contributed by atoms with Gasteiger partial charge in [0.1, 0.15) is 11.8 Å². The number of ether oxygens (including phenoxy) is 1. The highest BCUT2D eigenvalue weighted by Crippen LogP contribution is 2.32. The lowest BCUT2D eigenvalue weighted by atomic mass is 9.88. The lowest BCUT2D eigenvalue weighted by Gasteiger charge is -2.35. The van der Waals surface area contributed by atoms with Crippen molar-refractivity contribution in [1.82, 2.24) is 25.0 Å². The first-order valence-corrected chi connectivity index (χ1v) is 12.7. The van der Waals surface area contributed by atoms with Gasteiger partial charge in [0.15, 0.2) is 0 Å². The fourth-order valence-corrected chi connectivity index (χ4v) is 4.93. The first kappa shape index (κ1) is 25.2. The maximum Gasteiger partial charge on any atom is 0.251 e. The molecule has 1 aliphatic heterocycles. The summed E-state index contributed by atoms with van der Waals surface area (Å²) in [4.78, 5) is 32.6. The number of aromatic amines is 2. The molecule has 2 unspecified atom stereocenters. The van der Waals surface area contributed by atoms with Crippen LogP contribution in [-0.2, 0) is 27.2 Å². The Labute approximate surface area is 208 Å². The van der Waals surface area contributed by atoms with Gasteiger partial charge >= 0.3 is 0 Å². The first-order valence-electron chi connectivity index (χ1n) is 12.7. The molecule has 0 bridgehead atoms. The molecular formula is C27H39N5O3. The molecule has 2 amide bonds. The van der Waals surface area contributed by atoms with Crippen molar-refractivity contribution in [3.8, 4) is 11.4 Å². The number of aryl methyl sites for hydroxylation is 1. The number of carbonyl (C=O) groups excluding carboxylic acids is 2. The first-order chi connectivity index (χ1) is 16.6. The third-order valence-corrected chi connectivity index (χ3v) is 7.08. The summed E-state index contributed by atoms with van der Waals surface area (Å²) in [6, 6.07) is 2.10. The second kappa shape index (κ2) is 10.0. The molecule has 190 valence electrons. The summed E-state index contributed by atoms with van der Waals surface area (Å²) in [5.74, 6) is -0.153. The normalized spacial score (nSPS) is 20.3. The highest BCUT2D eigenvalue weighted by molar-refractivity contribution is 5.87. The van der Waals surface area contributed by atoms with E-state index < -0.39 is 6.10 Å². The van der Waals surface area contributed by atoms with Crippen molar-refractivity contribution in [3.05, 3.63) is 34.7 Å². The summed E-state index contributed by atoms with van der Waals surface area (Å²) < 4.78 is 5.39. The Kier molecular flexibility index (Phi) is 7.22. The van der Waals surface area contributed by atoms with Crippen molar-refractivity contribution in [2.75, 3.05) is 26.2 Å². The van der Waals surface area contributed by atoms with Gasteiger partial charge in [0.2, 0.25) is 5.91 Å². The highest BCUT2D eigenvalue weighted by atomic mass is 16.5. The van der Waals surface area contributed by atoms with E-state index in [0.29, 0.717) is 26.1 Å². The maximum absolute atomic E-state index is 13.2. The van der Waals surface area contributed by atoms with Crippen molar-refractivity contribution in [2.24, 2.45) is 5.41 Å². The summed E-state index contributed by atoms with van der Waals surface area (Å²) in [7, 11) is 0. The van der Waals surface area contributed by atoms with Crippen LogP contribution in [0.5, 0.6) is 0 Å². The van der Waals surface area contributed by atoms with E-state index >= 15 is 0 Å². The second-order valence-electron chi connectivity index (χ2n) is 10.9. The molecule has 8 heteroatoms. The minimum Gasteiger partial charge on any atom is -0.367 e. The molecule has 2 aromatic rings. The Morgan fingerprint density at radius 3 is 2.83 bits per heavy atom. The van der Waals surface area contributed by atoms with E-state index in [1.807, 2.05) is 11.8 Å². The number of nitrogens with one attached hydrogen (secondary N) is 2. The zero-order valence-electron chi connectivity index (χ0n) is 21.9. The molecule has 0 spiro atoms. The molecule has 2 aliphatic rings. The minimum absolute atomic E-state index is 0.0350. The number of aromatic nitrogens is 3. The van der Waals surface area contributed by atoms with E-state index in [4.69, 9.17) is 4.74 Å². The molecule has 1 saturated heterocycles. The average Bonchev–Trinajstić information content (AvgIpc) is 3.38. The summed E-state index contributed by atoms with van der Waals surface area (Å²) in [5.41, 5.74) is 6.86. The van der Waals surface area contributed by atoms with Gasteiger partial charge in [0.05, 0.1) is 24.9 Å². The number of fused-ring (bicyclic) bond motifs is 1. The van der Waals surface area contributed by atoms with Crippen LogP contribution in [0, 0.1) is 12.3 Å². The van der Waals surface area contributed by atoms with Gasteiger partial charge in [0, 0.05) is 36.5 Å². The van der Waals surface area contributed by atoms with Crippen LogP contribution in [0.4, 0.5) is 0 Å². The molecule has 8 nitrogen and oxygen atoms in total. The number of hydrogen-bond acceptors (Lipinski definition) is 4. The number of H-pyrrole nitrogens is 2. The van der Waals surface area contributed by atoms with Crippen molar-refractivity contribution in [3.63, 3.8) is 0 Å². The molecule has 0 aromatic carbocycles. The fourth-order valence-electron chi connectivity index (χ4n) is 4.93. The lowest BCUT2D eigenvalue weighted by molar-refractivity contribution is -0.155. The predicted molar refractivity (Wildman–Crippen MR) is 137 cm³/mol. The number of likely N-dealkylation sites (N-methyl/N-ethyl adjacent to an activating group) is 1. The maximum atomic E-state index is 13.2. The monoisotopic (exact) mass is 481 g/mol. The van der Waals surface area contributed by atoms with Gasteiger partial charge in [0.25, 0.3) is 5.91 Å². The van der Waals surface area contributed by atoms with Crippen LogP contribution in [-0.4, -0.2) is 75.2 Å². The van der Waals surface area contributed by atoms with Crippen LogP contribution in [0.2, 0.25) is 0 Å². The average molecular weight is 482 g/mol. The van der Waals surface area contributed by atoms with Gasteiger partial charge < -0.3 is 19.5 Å². The summed E-state index contributed by atoms with van der Waals surface area (Å²) in [5, 5.41) is 7.78. The Bertz CT molecular complexity index is 1110. The van der Waals surface area contributed by atoms with Crippen molar-refractivity contribution < 1.29 is 14.3 Å². The quantitative estimate of drug-likeness (QED) is 0.630. The molecule has 0 saturated carbocycles.